The van der Waals surface area contributed by atoms with Gasteiger partial charge in [0, 0.05) is 41.0 Å². The molecule has 1 unspecified atom stereocenters. The molecular formula is C15H26N2O4Si. The first-order valence-corrected chi connectivity index (χ1v) is 8.98. The van der Waals surface area contributed by atoms with Crippen LogP contribution >= 0.6 is 0 Å². The predicted octanol–water partition coefficient (Wildman–Crippen LogP) is 1.80. The summed E-state index contributed by atoms with van der Waals surface area (Å²) in [4.78, 5) is 12.4. The van der Waals surface area contributed by atoms with Crippen molar-refractivity contribution in [3.8, 4) is 0 Å². The summed E-state index contributed by atoms with van der Waals surface area (Å²) in [5.74, 6) is -0.162. The summed E-state index contributed by atoms with van der Waals surface area (Å²) in [7, 11) is 5.41. The first kappa shape index (κ1) is 18.8. The summed E-state index contributed by atoms with van der Waals surface area (Å²) >= 11 is 0. The van der Waals surface area contributed by atoms with Crippen molar-refractivity contribution in [2.75, 3.05) is 35.4 Å². The lowest BCUT2D eigenvalue weighted by Crippen LogP contribution is -2.50. The monoisotopic (exact) mass is 326 g/mol. The zero-order valence-corrected chi connectivity index (χ0v) is 15.2. The van der Waals surface area contributed by atoms with Gasteiger partial charge in [-0.25, -0.2) is 5.01 Å². The van der Waals surface area contributed by atoms with Crippen molar-refractivity contribution >= 4 is 14.7 Å². The molecule has 7 heteroatoms. The summed E-state index contributed by atoms with van der Waals surface area (Å²) in [5, 5.41) is 1.62. The van der Waals surface area contributed by atoms with Gasteiger partial charge in [-0.2, -0.15) is 0 Å². The Hall–Kier alpha value is -1.25. The maximum Gasteiger partial charge on any atom is 0.508 e. The molecule has 0 fully saturated rings. The number of hydrogen-bond donors (Lipinski definition) is 1. The lowest BCUT2D eigenvalue weighted by Gasteiger charge is -2.33. The van der Waals surface area contributed by atoms with Crippen LogP contribution in [-0.2, 0) is 13.3 Å². The Morgan fingerprint density at radius 3 is 2.18 bits per heavy atom. The fourth-order valence-electron chi connectivity index (χ4n) is 2.61. The van der Waals surface area contributed by atoms with Gasteiger partial charge in [-0.1, -0.05) is 25.1 Å². The van der Waals surface area contributed by atoms with Crippen LogP contribution in [0.4, 0.5) is 0 Å². The number of nitrogens with one attached hydrogen (secondary N) is 1. The van der Waals surface area contributed by atoms with E-state index in [4.69, 9.17) is 13.3 Å². The predicted molar refractivity (Wildman–Crippen MR) is 87.4 cm³/mol. The van der Waals surface area contributed by atoms with Gasteiger partial charge in [0.15, 0.2) is 0 Å². The summed E-state index contributed by atoms with van der Waals surface area (Å²) in [6.45, 7) is 2.03. The highest BCUT2D eigenvalue weighted by Crippen LogP contribution is 2.33. The fourth-order valence-corrected chi connectivity index (χ4v) is 5.09. The molecule has 1 rings (SSSR count). The van der Waals surface area contributed by atoms with E-state index in [9.17, 15) is 4.79 Å². The third-order valence-corrected chi connectivity index (χ3v) is 6.87. The van der Waals surface area contributed by atoms with Crippen LogP contribution in [0, 0.1) is 0 Å². The van der Waals surface area contributed by atoms with E-state index in [1.807, 2.05) is 25.1 Å². The van der Waals surface area contributed by atoms with E-state index in [2.05, 4.69) is 5.43 Å². The topological polar surface area (TPSA) is 60.0 Å². The molecule has 1 atom stereocenters. The molecule has 6 nitrogen and oxygen atoms in total. The van der Waals surface area contributed by atoms with E-state index in [1.165, 1.54) is 0 Å². The molecule has 1 N–H and O–H groups in total. The van der Waals surface area contributed by atoms with Crippen LogP contribution in [0.25, 0.3) is 0 Å². The molecule has 124 valence electrons. The lowest BCUT2D eigenvalue weighted by atomic mass is 10.0. The van der Waals surface area contributed by atoms with Crippen molar-refractivity contribution < 1.29 is 18.1 Å². The average Bonchev–Trinajstić information content (AvgIpc) is 2.52. The standard InChI is InChI=1S/C15H26N2O4Si/c1-7-14(22(19-4,20-5)21-6)12-10-8-9-11-13(12)15(18)16-17(2)3/h8-11,14H,7H2,1-6H3,(H,16,18). The molecule has 0 bridgehead atoms. The number of nitrogens with zero attached hydrogens (tertiary/aromatic N) is 1. The second-order valence-corrected chi connectivity index (χ2v) is 8.23. The molecule has 1 amide bonds. The zero-order valence-electron chi connectivity index (χ0n) is 14.2. The Bertz CT molecular complexity index is 484. The van der Waals surface area contributed by atoms with Crippen molar-refractivity contribution in [3.05, 3.63) is 35.4 Å². The van der Waals surface area contributed by atoms with Crippen molar-refractivity contribution in [3.63, 3.8) is 0 Å². The molecule has 1 aromatic carbocycles. The van der Waals surface area contributed by atoms with E-state index in [0.717, 1.165) is 12.0 Å². The Morgan fingerprint density at radius 1 is 1.18 bits per heavy atom. The van der Waals surface area contributed by atoms with E-state index < -0.39 is 8.80 Å². The van der Waals surface area contributed by atoms with Crippen LogP contribution in [0.3, 0.4) is 0 Å². The molecule has 0 saturated carbocycles. The van der Waals surface area contributed by atoms with Gasteiger partial charge >= 0.3 is 8.80 Å². The second-order valence-electron chi connectivity index (χ2n) is 5.10. The smallest absolute Gasteiger partial charge is 0.376 e. The fraction of sp³-hybridized carbons (Fsp3) is 0.533. The summed E-state index contributed by atoms with van der Waals surface area (Å²) in [6, 6.07) is 7.48. The van der Waals surface area contributed by atoms with Gasteiger partial charge < -0.3 is 13.3 Å². The Kier molecular flexibility index (Phi) is 7.17. The molecule has 22 heavy (non-hydrogen) atoms. The van der Waals surface area contributed by atoms with Gasteiger partial charge in [0.05, 0.1) is 5.54 Å². The Balaban J connectivity index is 3.31. The van der Waals surface area contributed by atoms with Crippen molar-refractivity contribution in [1.29, 1.82) is 0 Å². The first-order valence-electron chi connectivity index (χ1n) is 7.18. The van der Waals surface area contributed by atoms with E-state index >= 15 is 0 Å². The summed E-state index contributed by atoms with van der Waals surface area (Å²) in [5.41, 5.74) is 4.14. The molecule has 0 aliphatic heterocycles. The van der Waals surface area contributed by atoms with Gasteiger partial charge in [-0.05, 0) is 18.1 Å². The molecule has 0 aromatic heterocycles. The number of hydrogen-bond acceptors (Lipinski definition) is 5. The van der Waals surface area contributed by atoms with E-state index in [0.29, 0.717) is 5.56 Å². The van der Waals surface area contributed by atoms with Gasteiger partial charge in [0.25, 0.3) is 5.91 Å². The lowest BCUT2D eigenvalue weighted by molar-refractivity contribution is 0.0854. The normalized spacial score (nSPS) is 13.2. The third-order valence-electron chi connectivity index (χ3n) is 3.59. The Labute approximate surface area is 133 Å². The van der Waals surface area contributed by atoms with Gasteiger partial charge in [-0.15, -0.1) is 0 Å². The van der Waals surface area contributed by atoms with Gasteiger partial charge in [0.1, 0.15) is 0 Å². The minimum atomic E-state index is -2.90. The minimum absolute atomic E-state index is 0.114. The highest BCUT2D eigenvalue weighted by atomic mass is 28.4. The van der Waals surface area contributed by atoms with Crippen LogP contribution in [0.2, 0.25) is 0 Å². The number of benzene rings is 1. The average molecular weight is 326 g/mol. The maximum absolute atomic E-state index is 12.4. The number of hydrazine groups is 1. The van der Waals surface area contributed by atoms with Crippen LogP contribution in [-0.4, -0.2) is 55.1 Å². The summed E-state index contributed by atoms with van der Waals surface area (Å²) in [6.07, 6.45) is 0.744. The van der Waals surface area contributed by atoms with Gasteiger partial charge in [0.2, 0.25) is 0 Å². The van der Waals surface area contributed by atoms with Gasteiger partial charge in [-0.3, -0.25) is 10.2 Å². The van der Waals surface area contributed by atoms with E-state index in [-0.39, 0.29) is 11.4 Å². The quantitative estimate of drug-likeness (QED) is 0.583. The SMILES string of the molecule is CCC(c1ccccc1C(=O)NN(C)C)[Si](OC)(OC)OC. The Morgan fingerprint density at radius 2 is 1.73 bits per heavy atom. The number of amides is 1. The highest BCUT2D eigenvalue weighted by molar-refractivity contribution is 6.62. The zero-order chi connectivity index (χ0) is 16.8. The minimum Gasteiger partial charge on any atom is -0.376 e. The summed E-state index contributed by atoms with van der Waals surface area (Å²) < 4.78 is 16.8. The van der Waals surface area contributed by atoms with Crippen molar-refractivity contribution in [1.82, 2.24) is 10.4 Å². The molecule has 0 saturated heterocycles. The molecule has 0 aliphatic rings. The molecule has 0 aliphatic carbocycles. The first-order chi connectivity index (χ1) is 10.5. The van der Waals surface area contributed by atoms with Crippen LogP contribution in [0.5, 0.6) is 0 Å². The molecule has 0 heterocycles. The van der Waals surface area contributed by atoms with Crippen molar-refractivity contribution in [2.45, 2.75) is 18.9 Å². The largest absolute Gasteiger partial charge is 0.508 e. The molecule has 0 spiro atoms. The van der Waals surface area contributed by atoms with Crippen LogP contribution < -0.4 is 5.43 Å². The van der Waals surface area contributed by atoms with Crippen molar-refractivity contribution in [2.24, 2.45) is 0 Å². The third kappa shape index (κ3) is 3.93. The van der Waals surface area contributed by atoms with E-state index in [1.54, 1.807) is 46.5 Å². The maximum atomic E-state index is 12.4. The highest BCUT2D eigenvalue weighted by Gasteiger charge is 2.48. The molecule has 0 radical (unpaired) electrons. The van der Waals surface area contributed by atoms with Crippen LogP contribution in [0.1, 0.15) is 34.8 Å². The van der Waals surface area contributed by atoms with Crippen LogP contribution in [0.15, 0.2) is 24.3 Å². The molecule has 1 aromatic rings. The number of rotatable bonds is 8. The molecular weight excluding hydrogens is 300 g/mol. The number of carbonyl (C=O) groups is 1. The second kappa shape index (κ2) is 8.40. The number of carbonyl (C=O) groups excluding carboxylic acids is 1.